The number of nitrogens with one attached hydrogen (secondary N) is 1. The molecule has 7 N–H and O–H groups in total. The molecule has 2 amide bonds. The van der Waals surface area contributed by atoms with Crippen molar-refractivity contribution in [2.75, 3.05) is 32.8 Å². The average molecular weight is 409 g/mol. The minimum atomic E-state index is -0.652. The minimum Gasteiger partial charge on any atom is -0.493 e. The third-order valence-electron chi connectivity index (χ3n) is 4.34. The normalized spacial score (nSPS) is 10.6. The molecule has 8 heteroatoms. The van der Waals surface area contributed by atoms with Gasteiger partial charge in [0, 0.05) is 12.6 Å². The second-order valence-corrected chi connectivity index (χ2v) is 6.86. The lowest BCUT2D eigenvalue weighted by Gasteiger charge is -2.16. The van der Waals surface area contributed by atoms with Crippen LogP contribution >= 0.6 is 0 Å². The van der Waals surface area contributed by atoms with Crippen LogP contribution in [0.25, 0.3) is 0 Å². The Morgan fingerprint density at radius 2 is 1.41 bits per heavy atom. The van der Waals surface area contributed by atoms with Crippen molar-refractivity contribution in [3.05, 3.63) is 23.3 Å². The molecular weight excluding hydrogens is 372 g/mol. The molecule has 8 nitrogen and oxygen atoms in total. The molecular formula is C21H36N4O4. The Morgan fingerprint density at radius 3 is 1.90 bits per heavy atom. The van der Waals surface area contributed by atoms with Crippen molar-refractivity contribution in [3.8, 4) is 11.5 Å². The maximum atomic E-state index is 12.6. The highest BCUT2D eigenvalue weighted by atomic mass is 16.5. The van der Waals surface area contributed by atoms with Crippen molar-refractivity contribution in [2.24, 2.45) is 17.2 Å². The van der Waals surface area contributed by atoms with E-state index in [-0.39, 0.29) is 17.0 Å². The zero-order valence-electron chi connectivity index (χ0n) is 17.5. The summed E-state index contributed by atoms with van der Waals surface area (Å²) in [5.41, 5.74) is 17.0. The van der Waals surface area contributed by atoms with Gasteiger partial charge in [0.25, 0.3) is 11.8 Å². The molecule has 0 aromatic heterocycles. The van der Waals surface area contributed by atoms with E-state index in [1.54, 1.807) is 6.07 Å². The van der Waals surface area contributed by atoms with Crippen molar-refractivity contribution in [1.82, 2.24) is 5.32 Å². The number of unbranched alkanes of at least 4 members (excludes halogenated alkanes) is 4. The summed E-state index contributed by atoms with van der Waals surface area (Å²) in [5, 5.41) is 2.81. The summed E-state index contributed by atoms with van der Waals surface area (Å²) in [7, 11) is 0. The van der Waals surface area contributed by atoms with E-state index in [9.17, 15) is 9.59 Å². The van der Waals surface area contributed by atoms with Gasteiger partial charge in [-0.25, -0.2) is 0 Å². The Labute approximate surface area is 173 Å². The second-order valence-electron chi connectivity index (χ2n) is 6.86. The third kappa shape index (κ3) is 9.15. The van der Waals surface area contributed by atoms with Gasteiger partial charge in [0.05, 0.1) is 24.3 Å². The van der Waals surface area contributed by atoms with Gasteiger partial charge in [-0.3, -0.25) is 9.59 Å². The number of ether oxygens (including phenoxy) is 2. The van der Waals surface area contributed by atoms with E-state index in [4.69, 9.17) is 26.7 Å². The summed E-state index contributed by atoms with van der Waals surface area (Å²) in [4.78, 5) is 24.5. The monoisotopic (exact) mass is 408 g/mol. The Kier molecular flexibility index (Phi) is 12.5. The molecule has 0 fully saturated rings. The van der Waals surface area contributed by atoms with Gasteiger partial charge in [-0.05, 0) is 64.1 Å². The number of benzene rings is 1. The molecule has 1 rings (SSSR count). The van der Waals surface area contributed by atoms with Crippen molar-refractivity contribution in [3.63, 3.8) is 0 Å². The van der Waals surface area contributed by atoms with Crippen LogP contribution in [0.1, 0.15) is 72.6 Å². The first-order valence-electron chi connectivity index (χ1n) is 10.5. The molecule has 164 valence electrons. The summed E-state index contributed by atoms with van der Waals surface area (Å²) in [6, 6.07) is 3.05. The van der Waals surface area contributed by atoms with E-state index in [1.807, 2.05) is 6.92 Å². The maximum absolute atomic E-state index is 12.6. The zero-order chi connectivity index (χ0) is 21.5. The Balaban J connectivity index is 3.02. The summed E-state index contributed by atoms with van der Waals surface area (Å²) < 4.78 is 11.6. The van der Waals surface area contributed by atoms with Gasteiger partial charge < -0.3 is 32.0 Å². The van der Waals surface area contributed by atoms with Gasteiger partial charge >= 0.3 is 0 Å². The smallest absolute Gasteiger partial charge is 0.255 e. The fourth-order valence-electron chi connectivity index (χ4n) is 2.71. The van der Waals surface area contributed by atoms with Gasteiger partial charge in [-0.2, -0.15) is 0 Å². The maximum Gasteiger partial charge on any atom is 0.255 e. The number of carbonyl (C=O) groups is 2. The predicted octanol–water partition coefficient (Wildman–Crippen LogP) is 1.94. The average Bonchev–Trinajstić information content (AvgIpc) is 2.71. The van der Waals surface area contributed by atoms with Crippen LogP contribution in [0, 0.1) is 0 Å². The van der Waals surface area contributed by atoms with Crippen LogP contribution in [0.3, 0.4) is 0 Å². The molecule has 0 bridgehead atoms. The lowest BCUT2D eigenvalue weighted by Crippen LogP contribution is -2.25. The third-order valence-corrected chi connectivity index (χ3v) is 4.34. The summed E-state index contributed by atoms with van der Waals surface area (Å²) in [6.45, 7) is 4.64. The highest BCUT2D eigenvalue weighted by Gasteiger charge is 2.20. The Hall–Kier alpha value is -2.32. The van der Waals surface area contributed by atoms with E-state index in [0.717, 1.165) is 44.9 Å². The van der Waals surface area contributed by atoms with Crippen LogP contribution in [0.4, 0.5) is 0 Å². The first kappa shape index (κ1) is 24.7. The van der Waals surface area contributed by atoms with Crippen LogP contribution < -0.4 is 32.0 Å². The van der Waals surface area contributed by atoms with E-state index in [2.05, 4.69) is 5.32 Å². The van der Waals surface area contributed by atoms with Crippen molar-refractivity contribution in [2.45, 2.75) is 51.9 Å². The lowest BCUT2D eigenvalue weighted by molar-refractivity contribution is 0.0949. The van der Waals surface area contributed by atoms with E-state index >= 15 is 0 Å². The molecule has 0 unspecified atom stereocenters. The molecule has 0 spiro atoms. The minimum absolute atomic E-state index is 0.168. The Morgan fingerprint density at radius 1 is 0.862 bits per heavy atom. The first-order valence-corrected chi connectivity index (χ1v) is 10.5. The molecule has 0 aliphatic carbocycles. The fraction of sp³-hybridized carbons (Fsp3) is 0.619. The van der Waals surface area contributed by atoms with Gasteiger partial charge in [-0.1, -0.05) is 6.92 Å². The van der Waals surface area contributed by atoms with Crippen LogP contribution in [0.15, 0.2) is 12.1 Å². The largest absolute Gasteiger partial charge is 0.493 e. The standard InChI is InChI=1S/C21H36N4O4/c1-2-11-25-21(27)17-14-16(20(24)26)18(28-12-7-3-5-9-22)15-19(17)29-13-8-4-6-10-23/h14-15H,2-13,22-23H2,1H3,(H2,24,26)(H,25,27). The van der Waals surface area contributed by atoms with Crippen LogP contribution in [-0.2, 0) is 0 Å². The Bertz CT molecular complexity index is 637. The molecule has 0 saturated heterocycles. The summed E-state index contributed by atoms with van der Waals surface area (Å²) in [5.74, 6) is -0.246. The number of nitrogens with two attached hydrogens (primary N) is 3. The fourth-order valence-corrected chi connectivity index (χ4v) is 2.71. The van der Waals surface area contributed by atoms with E-state index < -0.39 is 5.91 Å². The van der Waals surface area contributed by atoms with Gasteiger partial charge in [0.2, 0.25) is 0 Å². The predicted molar refractivity (Wildman–Crippen MR) is 114 cm³/mol. The van der Waals surface area contributed by atoms with Crippen molar-refractivity contribution in [1.29, 1.82) is 0 Å². The molecule has 1 aromatic rings. The number of amides is 2. The number of carbonyl (C=O) groups excluding carboxylic acids is 2. The SMILES string of the molecule is CCCNC(=O)c1cc(C(N)=O)c(OCCCCCN)cc1OCCCCCN. The summed E-state index contributed by atoms with van der Waals surface area (Å²) >= 11 is 0. The van der Waals surface area contributed by atoms with Crippen LogP contribution in [0.5, 0.6) is 11.5 Å². The first-order chi connectivity index (χ1) is 14.0. The van der Waals surface area contributed by atoms with Crippen molar-refractivity contribution < 1.29 is 19.1 Å². The summed E-state index contributed by atoms with van der Waals surface area (Å²) in [6.07, 6.45) is 6.14. The van der Waals surface area contributed by atoms with Crippen LogP contribution in [0.2, 0.25) is 0 Å². The topological polar surface area (TPSA) is 143 Å². The molecule has 0 aliphatic heterocycles. The number of hydrogen-bond acceptors (Lipinski definition) is 6. The molecule has 0 atom stereocenters. The molecule has 1 aromatic carbocycles. The zero-order valence-corrected chi connectivity index (χ0v) is 17.5. The van der Waals surface area contributed by atoms with Gasteiger partial charge in [0.15, 0.2) is 0 Å². The molecule has 0 saturated carbocycles. The van der Waals surface area contributed by atoms with Gasteiger partial charge in [-0.15, -0.1) is 0 Å². The number of primary amides is 1. The molecule has 29 heavy (non-hydrogen) atoms. The number of hydrogen-bond donors (Lipinski definition) is 4. The van der Waals surface area contributed by atoms with E-state index in [0.29, 0.717) is 44.3 Å². The number of rotatable bonds is 16. The van der Waals surface area contributed by atoms with Crippen LogP contribution in [-0.4, -0.2) is 44.7 Å². The lowest BCUT2D eigenvalue weighted by atomic mass is 10.1. The molecule has 0 aliphatic rings. The highest BCUT2D eigenvalue weighted by molar-refractivity contribution is 6.02. The van der Waals surface area contributed by atoms with Crippen molar-refractivity contribution >= 4 is 11.8 Å². The highest BCUT2D eigenvalue weighted by Crippen LogP contribution is 2.30. The quantitative estimate of drug-likeness (QED) is 0.308. The van der Waals surface area contributed by atoms with E-state index in [1.165, 1.54) is 6.07 Å². The molecule has 0 heterocycles. The molecule has 0 radical (unpaired) electrons. The second kappa shape index (κ2) is 14.6. The van der Waals surface area contributed by atoms with Gasteiger partial charge in [0.1, 0.15) is 11.5 Å².